The molecule has 29 heavy (non-hydrogen) atoms. The number of allylic oxidation sites excluding steroid dienone is 4. The van der Waals surface area contributed by atoms with Crippen molar-refractivity contribution in [3.63, 3.8) is 0 Å². The summed E-state index contributed by atoms with van der Waals surface area (Å²) in [5.74, 6) is -1.51. The van der Waals surface area contributed by atoms with Crippen molar-refractivity contribution in [3.8, 4) is 5.75 Å². The summed E-state index contributed by atoms with van der Waals surface area (Å²) < 4.78 is 20.9. The van der Waals surface area contributed by atoms with Crippen molar-refractivity contribution >= 4 is 11.8 Å². The van der Waals surface area contributed by atoms with Crippen LogP contribution in [-0.4, -0.2) is 48.0 Å². The molecule has 1 aliphatic carbocycles. The lowest BCUT2D eigenvalue weighted by atomic mass is 10.1. The SMILES string of the molecule is CCN1CCn2cc(C(=O)NCC3=CC=C(C)CC=C3F)c(=O)c(OC)c2C1=O. The van der Waals surface area contributed by atoms with Crippen molar-refractivity contribution in [2.24, 2.45) is 0 Å². The van der Waals surface area contributed by atoms with Crippen LogP contribution in [-0.2, 0) is 6.54 Å². The van der Waals surface area contributed by atoms with Gasteiger partial charge in [-0.15, -0.1) is 0 Å². The van der Waals surface area contributed by atoms with E-state index in [4.69, 9.17) is 4.74 Å². The first-order chi connectivity index (χ1) is 13.9. The molecular formula is C21H24FN3O4. The first-order valence-electron chi connectivity index (χ1n) is 9.48. The van der Waals surface area contributed by atoms with Crippen LogP contribution in [0.15, 0.2) is 46.2 Å². The Hall–Kier alpha value is -3.16. The van der Waals surface area contributed by atoms with E-state index in [1.807, 2.05) is 13.8 Å². The van der Waals surface area contributed by atoms with Crippen LogP contribution in [0.25, 0.3) is 0 Å². The van der Waals surface area contributed by atoms with Gasteiger partial charge in [0.1, 0.15) is 11.4 Å². The quantitative estimate of drug-likeness (QED) is 0.820. The number of amides is 2. The van der Waals surface area contributed by atoms with Crippen molar-refractivity contribution in [2.75, 3.05) is 26.7 Å². The number of pyridine rings is 1. The summed E-state index contributed by atoms with van der Waals surface area (Å²) in [6.45, 7) is 5.12. The monoisotopic (exact) mass is 401 g/mol. The van der Waals surface area contributed by atoms with Gasteiger partial charge in [0, 0.05) is 37.9 Å². The third-order valence-corrected chi connectivity index (χ3v) is 5.09. The number of hydrogen-bond acceptors (Lipinski definition) is 4. The van der Waals surface area contributed by atoms with Gasteiger partial charge in [-0.1, -0.05) is 17.7 Å². The van der Waals surface area contributed by atoms with E-state index in [2.05, 4.69) is 5.32 Å². The second-order valence-electron chi connectivity index (χ2n) is 6.98. The fraction of sp³-hybridized carbons (Fsp3) is 0.381. The number of likely N-dealkylation sites (N-methyl/N-ethyl adjacent to an activating group) is 1. The van der Waals surface area contributed by atoms with Gasteiger partial charge in [0.25, 0.3) is 11.8 Å². The molecule has 2 amide bonds. The molecule has 0 saturated heterocycles. The highest BCUT2D eigenvalue weighted by Crippen LogP contribution is 2.22. The standard InChI is InChI=1S/C21H24FN3O4/c1-4-24-9-10-25-12-15(18(26)19(29-3)17(25)21(24)28)20(27)23-11-14-7-5-13(2)6-8-16(14)22/h5,7-8,12H,4,6,9-11H2,1-3H3,(H,23,27). The molecule has 7 nitrogen and oxygen atoms in total. The van der Waals surface area contributed by atoms with Gasteiger partial charge >= 0.3 is 0 Å². The Balaban J connectivity index is 1.89. The van der Waals surface area contributed by atoms with Crippen molar-refractivity contribution in [1.82, 2.24) is 14.8 Å². The highest BCUT2D eigenvalue weighted by Gasteiger charge is 2.30. The van der Waals surface area contributed by atoms with Crippen LogP contribution in [0.1, 0.15) is 41.1 Å². The minimum absolute atomic E-state index is 0.0585. The van der Waals surface area contributed by atoms with Crippen molar-refractivity contribution in [1.29, 1.82) is 0 Å². The molecule has 2 aliphatic rings. The van der Waals surface area contributed by atoms with Crippen molar-refractivity contribution in [2.45, 2.75) is 26.8 Å². The van der Waals surface area contributed by atoms with Crippen LogP contribution in [0.4, 0.5) is 4.39 Å². The molecule has 0 saturated carbocycles. The number of fused-ring (bicyclic) bond motifs is 1. The van der Waals surface area contributed by atoms with E-state index in [0.717, 1.165) is 5.57 Å². The third-order valence-electron chi connectivity index (χ3n) is 5.09. The molecule has 0 atom stereocenters. The van der Waals surface area contributed by atoms with E-state index in [0.29, 0.717) is 31.6 Å². The van der Waals surface area contributed by atoms with Gasteiger partial charge in [-0.25, -0.2) is 4.39 Å². The van der Waals surface area contributed by atoms with Crippen LogP contribution < -0.4 is 15.5 Å². The summed E-state index contributed by atoms with van der Waals surface area (Å²) in [5.41, 5.74) is 0.667. The molecule has 0 bridgehead atoms. The van der Waals surface area contributed by atoms with Crippen LogP contribution in [0.3, 0.4) is 0 Å². The summed E-state index contributed by atoms with van der Waals surface area (Å²) >= 11 is 0. The van der Waals surface area contributed by atoms with Gasteiger partial charge in [-0.05, 0) is 26.3 Å². The summed E-state index contributed by atoms with van der Waals surface area (Å²) in [6, 6.07) is 0. The van der Waals surface area contributed by atoms with Gasteiger partial charge in [-0.2, -0.15) is 0 Å². The van der Waals surface area contributed by atoms with E-state index >= 15 is 0 Å². The fourth-order valence-electron chi connectivity index (χ4n) is 3.35. The normalized spacial score (nSPS) is 16.3. The van der Waals surface area contributed by atoms with Gasteiger partial charge in [-0.3, -0.25) is 14.4 Å². The molecule has 1 aliphatic heterocycles. The maximum absolute atomic E-state index is 14.2. The molecule has 0 aromatic carbocycles. The van der Waals surface area contributed by atoms with E-state index in [-0.39, 0.29) is 29.5 Å². The average molecular weight is 401 g/mol. The topological polar surface area (TPSA) is 80.6 Å². The largest absolute Gasteiger partial charge is 0.491 e. The number of halogens is 1. The van der Waals surface area contributed by atoms with E-state index in [1.165, 1.54) is 19.4 Å². The predicted octanol–water partition coefficient (Wildman–Crippen LogP) is 2.19. The molecule has 1 aromatic heterocycles. The lowest BCUT2D eigenvalue weighted by Crippen LogP contribution is -2.43. The average Bonchev–Trinajstić information content (AvgIpc) is 2.87. The second-order valence-corrected chi connectivity index (χ2v) is 6.98. The van der Waals surface area contributed by atoms with E-state index < -0.39 is 17.2 Å². The molecule has 0 fully saturated rings. The Bertz CT molecular complexity index is 1000. The summed E-state index contributed by atoms with van der Waals surface area (Å²) in [5, 5.41) is 2.59. The highest BCUT2D eigenvalue weighted by atomic mass is 19.1. The summed E-state index contributed by atoms with van der Waals surface area (Å²) in [6.07, 6.45) is 6.75. The molecule has 154 valence electrons. The molecule has 0 spiro atoms. The number of methoxy groups -OCH3 is 1. The summed E-state index contributed by atoms with van der Waals surface area (Å²) in [7, 11) is 1.29. The lowest BCUT2D eigenvalue weighted by Gasteiger charge is -2.30. The Morgan fingerprint density at radius 3 is 2.72 bits per heavy atom. The van der Waals surface area contributed by atoms with Crippen LogP contribution in [0, 0.1) is 0 Å². The van der Waals surface area contributed by atoms with Crippen molar-refractivity contribution < 1.29 is 18.7 Å². The maximum atomic E-state index is 14.2. The molecule has 1 N–H and O–H groups in total. The minimum Gasteiger partial charge on any atom is -0.491 e. The van der Waals surface area contributed by atoms with Gasteiger partial charge < -0.3 is 19.5 Å². The molecule has 8 heteroatoms. The first kappa shape index (κ1) is 20.6. The number of nitrogens with zero attached hydrogens (tertiary/aromatic N) is 2. The van der Waals surface area contributed by atoms with Gasteiger partial charge in [0.05, 0.1) is 7.11 Å². The zero-order valence-electron chi connectivity index (χ0n) is 16.8. The molecule has 0 unspecified atom stereocenters. The smallest absolute Gasteiger partial charge is 0.274 e. The number of carbonyl (C=O) groups is 2. The number of ether oxygens (including phenoxy) is 1. The second kappa shape index (κ2) is 8.46. The summed E-state index contributed by atoms with van der Waals surface area (Å²) in [4.78, 5) is 39.7. The van der Waals surface area contributed by atoms with Crippen molar-refractivity contribution in [3.05, 3.63) is 62.9 Å². The number of hydrogen-bond donors (Lipinski definition) is 1. The fourth-order valence-corrected chi connectivity index (χ4v) is 3.35. The van der Waals surface area contributed by atoms with E-state index in [9.17, 15) is 18.8 Å². The highest BCUT2D eigenvalue weighted by molar-refractivity contribution is 5.99. The first-order valence-corrected chi connectivity index (χ1v) is 9.48. The molecule has 0 radical (unpaired) electrons. The number of carbonyl (C=O) groups excluding carboxylic acids is 2. The Labute approximate surface area is 168 Å². The Kier molecular flexibility index (Phi) is 6.00. The molecule has 1 aromatic rings. The minimum atomic E-state index is -0.663. The van der Waals surface area contributed by atoms with E-state index in [1.54, 1.807) is 21.6 Å². The van der Waals surface area contributed by atoms with Gasteiger partial charge in [0.15, 0.2) is 11.4 Å². The number of nitrogens with one attached hydrogen (secondary N) is 1. The third kappa shape index (κ3) is 4.01. The predicted molar refractivity (Wildman–Crippen MR) is 107 cm³/mol. The Morgan fingerprint density at radius 1 is 1.28 bits per heavy atom. The molecule has 2 heterocycles. The zero-order valence-corrected chi connectivity index (χ0v) is 16.8. The Morgan fingerprint density at radius 2 is 2.03 bits per heavy atom. The van der Waals surface area contributed by atoms with Gasteiger partial charge in [0.2, 0.25) is 5.43 Å². The molecule has 3 rings (SSSR count). The number of aromatic nitrogens is 1. The zero-order chi connectivity index (χ0) is 21.1. The van der Waals surface area contributed by atoms with Crippen LogP contribution >= 0.6 is 0 Å². The molecular weight excluding hydrogens is 377 g/mol. The number of rotatable bonds is 5. The van der Waals surface area contributed by atoms with Crippen LogP contribution in [0.2, 0.25) is 0 Å². The van der Waals surface area contributed by atoms with Crippen LogP contribution in [0.5, 0.6) is 5.75 Å². The lowest BCUT2D eigenvalue weighted by molar-refractivity contribution is 0.0705. The maximum Gasteiger partial charge on any atom is 0.274 e.